The largest absolute Gasteiger partial charge is 0.378 e. The van der Waals surface area contributed by atoms with Crippen molar-refractivity contribution in [3.8, 4) is 0 Å². The molecule has 0 saturated carbocycles. The van der Waals surface area contributed by atoms with Crippen LogP contribution in [0.4, 0.5) is 5.69 Å². The number of aromatic amines is 1. The zero-order chi connectivity index (χ0) is 16.7. The van der Waals surface area contributed by atoms with Crippen molar-refractivity contribution >= 4 is 17.3 Å². The molecule has 3 nitrogen and oxygen atoms in total. The van der Waals surface area contributed by atoms with Gasteiger partial charge in [-0.1, -0.05) is 31.2 Å². The van der Waals surface area contributed by atoms with Gasteiger partial charge in [-0.2, -0.15) is 0 Å². The van der Waals surface area contributed by atoms with Crippen LogP contribution in [0.1, 0.15) is 30.8 Å². The van der Waals surface area contributed by atoms with Crippen molar-refractivity contribution in [3.05, 3.63) is 71.8 Å². The number of hydrogen-bond donors (Lipinski definition) is 1. The van der Waals surface area contributed by atoms with Crippen molar-refractivity contribution < 1.29 is 0 Å². The summed E-state index contributed by atoms with van der Waals surface area (Å²) in [5.74, 6) is 0. The number of anilines is 1. The summed E-state index contributed by atoms with van der Waals surface area (Å²) >= 11 is 0. The van der Waals surface area contributed by atoms with Gasteiger partial charge in [0.15, 0.2) is 0 Å². The highest BCUT2D eigenvalue weighted by molar-refractivity contribution is 5.78. The number of aromatic nitrogens is 2. The lowest BCUT2D eigenvalue weighted by Gasteiger charge is -2.12. The van der Waals surface area contributed by atoms with Crippen LogP contribution in [0.5, 0.6) is 0 Å². The minimum absolute atomic E-state index is 0.922. The summed E-state index contributed by atoms with van der Waals surface area (Å²) in [6.45, 7) is 4.21. The fourth-order valence-electron chi connectivity index (χ4n) is 2.25. The quantitative estimate of drug-likeness (QED) is 0.886. The van der Waals surface area contributed by atoms with Gasteiger partial charge in [-0.25, -0.2) is 4.98 Å². The number of rotatable bonds is 4. The van der Waals surface area contributed by atoms with E-state index in [1.165, 1.54) is 16.8 Å². The highest BCUT2D eigenvalue weighted by atomic mass is 15.1. The van der Waals surface area contributed by atoms with Gasteiger partial charge >= 0.3 is 0 Å². The molecule has 23 heavy (non-hydrogen) atoms. The maximum Gasteiger partial charge on any atom is 0.0926 e. The summed E-state index contributed by atoms with van der Waals surface area (Å²) in [5.41, 5.74) is 5.66. The lowest BCUT2D eigenvalue weighted by Crippen LogP contribution is -2.07. The summed E-state index contributed by atoms with van der Waals surface area (Å²) in [7, 11) is 4.10. The molecule has 0 amide bonds. The topological polar surface area (TPSA) is 31.9 Å². The number of nitrogens with one attached hydrogen (secondary N) is 1. The molecular weight excluding hydrogens is 282 g/mol. The minimum Gasteiger partial charge on any atom is -0.378 e. The second-order valence-corrected chi connectivity index (χ2v) is 5.69. The average molecular weight is 307 g/mol. The molecule has 0 radical (unpaired) electrons. The first-order valence-corrected chi connectivity index (χ1v) is 7.93. The Morgan fingerprint density at radius 2 is 1.78 bits per heavy atom. The second-order valence-electron chi connectivity index (χ2n) is 5.69. The summed E-state index contributed by atoms with van der Waals surface area (Å²) in [6, 6.07) is 16.7. The third-order valence-corrected chi connectivity index (χ3v) is 3.69. The molecule has 1 heterocycles. The smallest absolute Gasteiger partial charge is 0.0926 e. The molecule has 0 atom stereocenters. The van der Waals surface area contributed by atoms with Crippen LogP contribution in [0.25, 0.3) is 11.6 Å². The SMILES string of the molecule is CCc1ccccc(/C(C)=C/c2ccc(N(C)C)cc2)[nH]cn1. The molecule has 0 unspecified atom stereocenters. The zero-order valence-electron chi connectivity index (χ0n) is 14.4. The summed E-state index contributed by atoms with van der Waals surface area (Å²) in [6.07, 6.45) is 4.86. The van der Waals surface area contributed by atoms with Crippen LogP contribution in [-0.4, -0.2) is 24.1 Å². The van der Waals surface area contributed by atoms with Crippen molar-refractivity contribution in [2.24, 2.45) is 0 Å². The van der Waals surface area contributed by atoms with Gasteiger partial charge in [-0.15, -0.1) is 0 Å². The van der Waals surface area contributed by atoms with E-state index in [2.05, 4.69) is 65.1 Å². The average Bonchev–Trinajstić information content (AvgIpc) is 2.67. The molecule has 2 rings (SSSR count). The molecule has 0 saturated heterocycles. The van der Waals surface area contributed by atoms with E-state index in [9.17, 15) is 0 Å². The van der Waals surface area contributed by atoms with Crippen molar-refractivity contribution in [1.82, 2.24) is 9.97 Å². The van der Waals surface area contributed by atoms with Gasteiger partial charge < -0.3 is 9.88 Å². The van der Waals surface area contributed by atoms with Gasteiger partial charge in [0.05, 0.1) is 6.33 Å². The summed E-state index contributed by atoms with van der Waals surface area (Å²) in [4.78, 5) is 9.81. The van der Waals surface area contributed by atoms with Crippen molar-refractivity contribution in [2.75, 3.05) is 19.0 Å². The van der Waals surface area contributed by atoms with E-state index < -0.39 is 0 Å². The molecule has 3 heteroatoms. The molecule has 1 N–H and O–H groups in total. The molecule has 0 bridgehead atoms. The Balaban J connectivity index is 2.31. The number of hydrogen-bond acceptors (Lipinski definition) is 2. The predicted molar refractivity (Wildman–Crippen MR) is 99.9 cm³/mol. The predicted octanol–water partition coefficient (Wildman–Crippen LogP) is 4.72. The van der Waals surface area contributed by atoms with E-state index in [1.807, 2.05) is 32.3 Å². The molecule has 0 spiro atoms. The van der Waals surface area contributed by atoms with Crippen molar-refractivity contribution in [3.63, 3.8) is 0 Å². The third-order valence-electron chi connectivity index (χ3n) is 3.69. The zero-order valence-corrected chi connectivity index (χ0v) is 14.4. The maximum absolute atomic E-state index is 4.43. The monoisotopic (exact) mass is 307 g/mol. The van der Waals surface area contributed by atoms with E-state index in [1.54, 1.807) is 6.33 Å². The number of H-pyrrole nitrogens is 1. The first kappa shape index (κ1) is 16.8. The van der Waals surface area contributed by atoms with Crippen LogP contribution in [0.3, 0.4) is 0 Å². The normalized spacial score (nSPS) is 11.0. The minimum atomic E-state index is 0.922. The van der Waals surface area contributed by atoms with Gasteiger partial charge in [0.2, 0.25) is 0 Å². The first-order valence-electron chi connectivity index (χ1n) is 7.93. The van der Waals surface area contributed by atoms with Crippen LogP contribution in [0.2, 0.25) is 0 Å². The standard InChI is InChI=1S/C20H25N3/c1-5-18-8-6-7-9-20(22-15-21-18)16(2)14-17-10-12-19(13-11-17)23(3)4/h6-15H,5H2,1-4H3,(H,21,22)/b7-6?,16-14+,18-8?,20-9?. The molecule has 1 aromatic heterocycles. The van der Waals surface area contributed by atoms with Crippen LogP contribution < -0.4 is 4.90 Å². The summed E-state index contributed by atoms with van der Waals surface area (Å²) in [5, 5.41) is 0. The van der Waals surface area contributed by atoms with Gasteiger partial charge in [0, 0.05) is 31.2 Å². The number of aryl methyl sites for hydroxylation is 1. The molecule has 0 aliphatic heterocycles. The van der Waals surface area contributed by atoms with Gasteiger partial charge in [-0.05, 0) is 54.8 Å². The van der Waals surface area contributed by atoms with Crippen molar-refractivity contribution in [1.29, 1.82) is 0 Å². The molecule has 1 aromatic carbocycles. The fourth-order valence-corrected chi connectivity index (χ4v) is 2.25. The molecule has 0 fully saturated rings. The van der Waals surface area contributed by atoms with Crippen LogP contribution in [0.15, 0.2) is 54.9 Å². The second kappa shape index (κ2) is 8.18. The first-order chi connectivity index (χ1) is 11.1. The van der Waals surface area contributed by atoms with Crippen LogP contribution in [-0.2, 0) is 6.42 Å². The molecule has 0 aliphatic carbocycles. The lowest BCUT2D eigenvalue weighted by molar-refractivity contribution is 1.02. The Hall–Kier alpha value is -2.55. The van der Waals surface area contributed by atoms with Gasteiger partial charge in [0.1, 0.15) is 0 Å². The summed E-state index contributed by atoms with van der Waals surface area (Å²) < 4.78 is 0. The molecule has 120 valence electrons. The Labute approximate surface area is 139 Å². The van der Waals surface area contributed by atoms with E-state index in [0.29, 0.717) is 0 Å². The van der Waals surface area contributed by atoms with E-state index in [4.69, 9.17) is 0 Å². The highest BCUT2D eigenvalue weighted by Gasteiger charge is 1.97. The van der Waals surface area contributed by atoms with Crippen molar-refractivity contribution in [2.45, 2.75) is 20.3 Å². The van der Waals surface area contributed by atoms with E-state index >= 15 is 0 Å². The Morgan fingerprint density at radius 3 is 2.43 bits per heavy atom. The maximum atomic E-state index is 4.43. The lowest BCUT2D eigenvalue weighted by atomic mass is 10.1. The molecule has 0 aliphatic rings. The van der Waals surface area contributed by atoms with Crippen LogP contribution in [0, 0.1) is 0 Å². The Bertz CT molecular complexity index is 708. The van der Waals surface area contributed by atoms with Gasteiger partial charge in [0.25, 0.3) is 0 Å². The van der Waals surface area contributed by atoms with E-state index in [-0.39, 0.29) is 0 Å². The third kappa shape index (κ3) is 4.99. The number of nitrogens with zero attached hydrogens (tertiary/aromatic N) is 2. The molecular formula is C20H25N3. The van der Waals surface area contributed by atoms with Gasteiger partial charge in [-0.3, -0.25) is 0 Å². The van der Waals surface area contributed by atoms with E-state index in [0.717, 1.165) is 17.8 Å². The Kier molecular flexibility index (Phi) is 5.98. The Morgan fingerprint density at radius 1 is 1.09 bits per heavy atom. The van der Waals surface area contributed by atoms with Crippen LogP contribution >= 0.6 is 0 Å². The molecule has 2 aromatic rings. The number of benzene rings is 1. The fraction of sp³-hybridized carbons (Fsp3) is 0.250. The number of allylic oxidation sites excluding steroid dienone is 1. The highest BCUT2D eigenvalue weighted by Crippen LogP contribution is 2.17.